The molecule has 6 rings (SSSR count). The number of hydrogen-bond donors (Lipinski definition) is 4. The Morgan fingerprint density at radius 2 is 1.25 bits per heavy atom. The fraction of sp³-hybridized carbons (Fsp3) is 0.353. The number of rotatable bonds is 5. The van der Waals surface area contributed by atoms with E-state index >= 15 is 0 Å². The molecule has 0 aromatic heterocycles. The van der Waals surface area contributed by atoms with Crippen LogP contribution in [0.2, 0.25) is 0 Å². The molecule has 0 saturated heterocycles. The third-order valence-corrected chi connectivity index (χ3v) is 8.72. The van der Waals surface area contributed by atoms with Crippen molar-refractivity contribution in [1.82, 2.24) is 0 Å². The third-order valence-electron chi connectivity index (χ3n) is 8.72. The van der Waals surface area contributed by atoms with E-state index < -0.39 is 22.8 Å². The second-order valence-electron chi connectivity index (χ2n) is 12.2. The van der Waals surface area contributed by atoms with Crippen molar-refractivity contribution in [1.29, 1.82) is 0 Å². The van der Waals surface area contributed by atoms with E-state index in [0.29, 0.717) is 44.5 Å². The van der Waals surface area contributed by atoms with Gasteiger partial charge in [0.15, 0.2) is 11.6 Å². The van der Waals surface area contributed by atoms with E-state index in [1.54, 1.807) is 38.1 Å². The summed E-state index contributed by atoms with van der Waals surface area (Å²) in [6, 6.07) is 6.69. The van der Waals surface area contributed by atoms with Crippen molar-refractivity contribution in [2.24, 2.45) is 0 Å². The number of hydrogen-bond acceptors (Lipinski definition) is 10. The fourth-order valence-corrected chi connectivity index (χ4v) is 7.01. The number of carbonyl (C=O) groups excluding carboxylic acids is 2. The molecule has 0 heterocycles. The van der Waals surface area contributed by atoms with E-state index in [9.17, 15) is 30.0 Å². The molecule has 4 N–H and O–H groups in total. The Hall–Kier alpha value is -4.54. The molecule has 4 aromatic rings. The summed E-state index contributed by atoms with van der Waals surface area (Å²) in [7, 11) is 5.81. The van der Waals surface area contributed by atoms with Gasteiger partial charge in [0.2, 0.25) is 0 Å². The first-order valence-electron chi connectivity index (χ1n) is 14.1. The minimum Gasteiger partial charge on any atom is -0.506 e. The summed E-state index contributed by atoms with van der Waals surface area (Å²) in [5.41, 5.74) is -0.955. The average Bonchev–Trinajstić information content (AvgIpc) is 2.94. The molecule has 4 aromatic carbocycles. The lowest BCUT2D eigenvalue weighted by molar-refractivity contribution is 0.0396. The SMILES string of the molecule is COc1cc(OC)c2c(O)c3c(c(-c4c(OC)cc5cc6c(c(O)c5c4OC)C(=O)CC(C)(O)C6)c2c1)CC(C)(O)CC3=O. The molecule has 0 spiro atoms. The third kappa shape index (κ3) is 4.31. The first kappa shape index (κ1) is 29.5. The monoisotopic (exact) mass is 602 g/mol. The van der Waals surface area contributed by atoms with Crippen molar-refractivity contribution in [3.05, 3.63) is 46.5 Å². The molecule has 0 aliphatic heterocycles. The predicted molar refractivity (Wildman–Crippen MR) is 163 cm³/mol. The molecule has 2 aliphatic rings. The van der Waals surface area contributed by atoms with Crippen LogP contribution in [0.4, 0.5) is 0 Å². The van der Waals surface area contributed by atoms with Crippen LogP contribution in [0, 0.1) is 0 Å². The number of methoxy groups -OCH3 is 4. The van der Waals surface area contributed by atoms with Crippen LogP contribution in [0.1, 0.15) is 58.5 Å². The fourth-order valence-electron chi connectivity index (χ4n) is 7.01. The lowest BCUT2D eigenvalue weighted by Gasteiger charge is -2.33. The van der Waals surface area contributed by atoms with Crippen LogP contribution < -0.4 is 18.9 Å². The van der Waals surface area contributed by atoms with Gasteiger partial charge in [0.1, 0.15) is 34.5 Å². The van der Waals surface area contributed by atoms with E-state index in [4.69, 9.17) is 18.9 Å². The second kappa shape index (κ2) is 10.0. The normalized spacial score (nSPS) is 21.3. The Morgan fingerprint density at radius 3 is 1.86 bits per heavy atom. The van der Waals surface area contributed by atoms with Crippen molar-refractivity contribution in [2.45, 2.75) is 50.7 Å². The summed E-state index contributed by atoms with van der Waals surface area (Å²) < 4.78 is 23.1. The summed E-state index contributed by atoms with van der Waals surface area (Å²) >= 11 is 0. The van der Waals surface area contributed by atoms with Crippen LogP contribution in [-0.2, 0) is 12.8 Å². The Bertz CT molecular complexity index is 1920. The zero-order valence-electron chi connectivity index (χ0n) is 25.4. The lowest BCUT2D eigenvalue weighted by atomic mass is 9.74. The highest BCUT2D eigenvalue weighted by Crippen LogP contribution is 2.56. The van der Waals surface area contributed by atoms with E-state index in [2.05, 4.69) is 0 Å². The molecule has 0 saturated carbocycles. The average molecular weight is 603 g/mol. The van der Waals surface area contributed by atoms with Gasteiger partial charge in [0.25, 0.3) is 0 Å². The lowest BCUT2D eigenvalue weighted by Crippen LogP contribution is -2.36. The molecular formula is C34H34O10. The van der Waals surface area contributed by atoms with Crippen molar-refractivity contribution in [3.8, 4) is 45.6 Å². The number of aromatic hydroxyl groups is 2. The van der Waals surface area contributed by atoms with Crippen LogP contribution in [0.25, 0.3) is 32.7 Å². The van der Waals surface area contributed by atoms with Crippen LogP contribution >= 0.6 is 0 Å². The molecule has 0 fully saturated rings. The number of phenols is 2. The minimum absolute atomic E-state index is 0.000512. The number of ether oxygens (including phenoxy) is 4. The number of phenolic OH excluding ortho intramolecular Hbond substituents is 2. The molecular weight excluding hydrogens is 568 g/mol. The highest BCUT2D eigenvalue weighted by Gasteiger charge is 2.41. The smallest absolute Gasteiger partial charge is 0.169 e. The molecule has 2 aliphatic carbocycles. The Kier molecular flexibility index (Phi) is 6.71. The molecule has 2 unspecified atom stereocenters. The molecule has 10 nitrogen and oxygen atoms in total. The van der Waals surface area contributed by atoms with Crippen molar-refractivity contribution in [3.63, 3.8) is 0 Å². The van der Waals surface area contributed by atoms with Gasteiger partial charge in [-0.2, -0.15) is 0 Å². The van der Waals surface area contributed by atoms with Gasteiger partial charge < -0.3 is 39.4 Å². The largest absolute Gasteiger partial charge is 0.506 e. The van der Waals surface area contributed by atoms with E-state index in [0.717, 1.165) is 0 Å². The molecule has 44 heavy (non-hydrogen) atoms. The molecule has 230 valence electrons. The highest BCUT2D eigenvalue weighted by molar-refractivity contribution is 6.18. The zero-order chi connectivity index (χ0) is 31.9. The topological polar surface area (TPSA) is 152 Å². The number of carbonyl (C=O) groups is 2. The number of ketones is 2. The van der Waals surface area contributed by atoms with Crippen molar-refractivity contribution >= 4 is 33.1 Å². The van der Waals surface area contributed by atoms with Crippen LogP contribution in [-0.4, -0.2) is 71.6 Å². The first-order valence-corrected chi connectivity index (χ1v) is 14.1. The van der Waals surface area contributed by atoms with Gasteiger partial charge >= 0.3 is 0 Å². The van der Waals surface area contributed by atoms with E-state index in [-0.39, 0.29) is 70.6 Å². The maximum Gasteiger partial charge on any atom is 0.169 e. The number of aliphatic hydroxyl groups is 2. The van der Waals surface area contributed by atoms with Gasteiger partial charge in [-0.15, -0.1) is 0 Å². The van der Waals surface area contributed by atoms with Crippen LogP contribution in [0.5, 0.6) is 34.5 Å². The van der Waals surface area contributed by atoms with Gasteiger partial charge in [-0.05, 0) is 48.6 Å². The number of fused-ring (bicyclic) bond motifs is 4. The van der Waals surface area contributed by atoms with Crippen molar-refractivity contribution in [2.75, 3.05) is 28.4 Å². The summed E-state index contributed by atoms with van der Waals surface area (Å²) in [6.45, 7) is 3.13. The number of Topliss-reactive ketones (excluding diaryl/α,β-unsaturated/α-hetero) is 2. The molecule has 0 amide bonds. The number of benzene rings is 4. The minimum atomic E-state index is -1.43. The van der Waals surface area contributed by atoms with E-state index in [1.807, 2.05) is 0 Å². The summed E-state index contributed by atoms with van der Waals surface area (Å²) in [6.07, 6.45) is -0.198. The second-order valence-corrected chi connectivity index (χ2v) is 12.2. The summed E-state index contributed by atoms with van der Waals surface area (Å²) in [4.78, 5) is 26.7. The van der Waals surface area contributed by atoms with Crippen molar-refractivity contribution < 1.29 is 49.0 Å². The van der Waals surface area contributed by atoms with Gasteiger partial charge in [0, 0.05) is 42.7 Å². The molecule has 0 radical (unpaired) electrons. The highest BCUT2D eigenvalue weighted by atomic mass is 16.5. The van der Waals surface area contributed by atoms with E-state index in [1.165, 1.54) is 28.4 Å². The van der Waals surface area contributed by atoms with Gasteiger partial charge in [-0.25, -0.2) is 0 Å². The standard InChI is InChI=1S/C34H34O10/c1-33(39)11-16-7-15-8-22(42-4)29(32(44-6)25(15)30(37)24(16)20(35)13-33)26-18-9-17(41-3)10-23(43-5)28(18)31(38)27-19(26)12-34(2,40)14-21(27)36/h7-10,37-40H,11-14H2,1-6H3. The molecule has 0 bridgehead atoms. The molecule has 2 atom stereocenters. The molecule has 10 heteroatoms. The maximum absolute atomic E-state index is 13.6. The Labute approximate surface area is 253 Å². The van der Waals surface area contributed by atoms with Crippen LogP contribution in [0.3, 0.4) is 0 Å². The summed E-state index contributed by atoms with van der Waals surface area (Å²) in [5.74, 6) is -0.339. The van der Waals surface area contributed by atoms with Crippen LogP contribution in [0.15, 0.2) is 24.3 Å². The predicted octanol–water partition coefficient (Wildman–Crippen LogP) is 4.87. The van der Waals surface area contributed by atoms with Gasteiger partial charge in [-0.1, -0.05) is 0 Å². The zero-order valence-corrected chi connectivity index (χ0v) is 25.4. The maximum atomic E-state index is 13.6. The van der Waals surface area contributed by atoms with Gasteiger partial charge in [0.05, 0.1) is 67.1 Å². The van der Waals surface area contributed by atoms with Gasteiger partial charge in [-0.3, -0.25) is 9.59 Å². The Morgan fingerprint density at radius 1 is 0.636 bits per heavy atom. The Balaban J connectivity index is 1.84. The summed E-state index contributed by atoms with van der Waals surface area (Å²) in [5, 5.41) is 46.5. The first-order chi connectivity index (χ1) is 20.8. The quantitative estimate of drug-likeness (QED) is 0.249.